The van der Waals surface area contributed by atoms with Crippen molar-refractivity contribution in [3.8, 4) is 0 Å². The molecule has 0 aromatic carbocycles. The summed E-state index contributed by atoms with van der Waals surface area (Å²) in [5.74, 6) is 0.900. The molecule has 0 unspecified atom stereocenters. The third kappa shape index (κ3) is 4.64. The summed E-state index contributed by atoms with van der Waals surface area (Å²) >= 11 is 1.44. The van der Waals surface area contributed by atoms with Gasteiger partial charge in [0, 0.05) is 19.5 Å². The summed E-state index contributed by atoms with van der Waals surface area (Å²) in [6.07, 6.45) is 9.43. The number of nitrogen functional groups attached to an aromatic ring is 1. The van der Waals surface area contributed by atoms with Crippen molar-refractivity contribution in [1.82, 2.24) is 20.4 Å². The van der Waals surface area contributed by atoms with E-state index in [1.54, 1.807) is 0 Å². The molecule has 1 aliphatic heterocycles. The van der Waals surface area contributed by atoms with Crippen molar-refractivity contribution in [1.29, 1.82) is 0 Å². The van der Waals surface area contributed by atoms with Crippen LogP contribution in [0.15, 0.2) is 0 Å². The lowest BCUT2D eigenvalue weighted by Gasteiger charge is -2.26. The number of rotatable bonds is 6. The van der Waals surface area contributed by atoms with Gasteiger partial charge in [0.25, 0.3) is 0 Å². The first-order chi connectivity index (χ1) is 11.2. The Morgan fingerprint density at radius 2 is 2.04 bits per heavy atom. The van der Waals surface area contributed by atoms with Crippen LogP contribution in [0.2, 0.25) is 0 Å². The fraction of sp³-hybridized carbons (Fsp3) is 0.812. The predicted octanol–water partition coefficient (Wildman–Crippen LogP) is 1.82. The number of carbonyl (C=O) groups excluding carboxylic acids is 1. The van der Waals surface area contributed by atoms with Gasteiger partial charge in [-0.05, 0) is 38.1 Å². The molecule has 3 N–H and O–H groups in total. The molecule has 6 nitrogen and oxygen atoms in total. The molecular formula is C16H27N5OS. The molecule has 1 saturated heterocycles. The van der Waals surface area contributed by atoms with Gasteiger partial charge in [-0.1, -0.05) is 30.6 Å². The van der Waals surface area contributed by atoms with Crippen molar-refractivity contribution in [3.63, 3.8) is 0 Å². The minimum Gasteiger partial charge on any atom is -0.374 e. The second-order valence-corrected chi connectivity index (χ2v) is 7.82. The van der Waals surface area contributed by atoms with E-state index in [1.165, 1.54) is 43.4 Å². The van der Waals surface area contributed by atoms with Crippen LogP contribution >= 0.6 is 11.3 Å². The van der Waals surface area contributed by atoms with E-state index in [4.69, 9.17) is 5.73 Å². The maximum absolute atomic E-state index is 12.5. The summed E-state index contributed by atoms with van der Waals surface area (Å²) in [4.78, 5) is 14.8. The quantitative estimate of drug-likeness (QED) is 0.827. The highest BCUT2D eigenvalue weighted by Crippen LogP contribution is 2.23. The van der Waals surface area contributed by atoms with Gasteiger partial charge in [-0.15, -0.1) is 10.2 Å². The third-order valence-corrected chi connectivity index (χ3v) is 5.86. The second-order valence-electron chi connectivity index (χ2n) is 6.73. The highest BCUT2D eigenvalue weighted by Gasteiger charge is 2.30. The molecule has 1 saturated carbocycles. The second kappa shape index (κ2) is 8.06. The zero-order chi connectivity index (χ0) is 16.1. The summed E-state index contributed by atoms with van der Waals surface area (Å²) < 4.78 is 0. The zero-order valence-electron chi connectivity index (χ0n) is 13.7. The van der Waals surface area contributed by atoms with Crippen LogP contribution in [0.3, 0.4) is 0 Å². The molecule has 23 heavy (non-hydrogen) atoms. The Bertz CT molecular complexity index is 514. The van der Waals surface area contributed by atoms with Crippen LogP contribution < -0.4 is 11.1 Å². The maximum Gasteiger partial charge on any atom is 0.237 e. The zero-order valence-corrected chi connectivity index (χ0v) is 14.5. The average molecular weight is 337 g/mol. The van der Waals surface area contributed by atoms with Crippen molar-refractivity contribution < 1.29 is 4.79 Å². The molecule has 1 atom stereocenters. The van der Waals surface area contributed by atoms with Crippen molar-refractivity contribution in [2.24, 2.45) is 5.92 Å². The van der Waals surface area contributed by atoms with E-state index in [0.29, 0.717) is 11.0 Å². The van der Waals surface area contributed by atoms with Crippen molar-refractivity contribution >= 4 is 22.4 Å². The number of hydrogen-bond acceptors (Lipinski definition) is 6. The van der Waals surface area contributed by atoms with Crippen LogP contribution in [-0.4, -0.2) is 46.7 Å². The summed E-state index contributed by atoms with van der Waals surface area (Å²) in [5, 5.41) is 12.6. The first kappa shape index (κ1) is 16.6. The fourth-order valence-electron chi connectivity index (χ4n) is 3.75. The number of hydrogen-bond donors (Lipinski definition) is 2. The topological polar surface area (TPSA) is 84.1 Å². The molecule has 1 aliphatic carbocycles. The third-order valence-electron chi connectivity index (χ3n) is 5.05. The van der Waals surface area contributed by atoms with Gasteiger partial charge in [-0.3, -0.25) is 9.69 Å². The number of nitrogens with two attached hydrogens (primary N) is 1. The number of nitrogens with one attached hydrogen (secondary N) is 1. The Morgan fingerprint density at radius 3 is 2.78 bits per heavy atom. The Labute approximate surface area is 141 Å². The molecule has 1 aromatic rings. The molecular weight excluding hydrogens is 310 g/mol. The van der Waals surface area contributed by atoms with Gasteiger partial charge >= 0.3 is 0 Å². The van der Waals surface area contributed by atoms with Crippen LogP contribution in [-0.2, 0) is 11.2 Å². The van der Waals surface area contributed by atoms with Crippen molar-refractivity contribution in [2.75, 3.05) is 25.4 Å². The van der Waals surface area contributed by atoms with Crippen LogP contribution in [0.5, 0.6) is 0 Å². The van der Waals surface area contributed by atoms with Gasteiger partial charge in [0.05, 0.1) is 6.04 Å². The molecule has 0 bridgehead atoms. The molecule has 3 rings (SSSR count). The Balaban J connectivity index is 1.44. The van der Waals surface area contributed by atoms with E-state index in [0.717, 1.165) is 43.9 Å². The first-order valence-corrected chi connectivity index (χ1v) is 9.63. The van der Waals surface area contributed by atoms with Crippen LogP contribution in [0.25, 0.3) is 0 Å². The molecule has 2 heterocycles. The monoisotopic (exact) mass is 337 g/mol. The van der Waals surface area contributed by atoms with Crippen molar-refractivity contribution in [3.05, 3.63) is 5.01 Å². The largest absolute Gasteiger partial charge is 0.374 e. The smallest absolute Gasteiger partial charge is 0.237 e. The number of amides is 1. The van der Waals surface area contributed by atoms with E-state index >= 15 is 0 Å². The van der Waals surface area contributed by atoms with Gasteiger partial charge < -0.3 is 11.1 Å². The minimum atomic E-state index is 0.0314. The lowest BCUT2D eigenvalue weighted by Crippen LogP contribution is -2.45. The number of anilines is 1. The highest BCUT2D eigenvalue weighted by atomic mass is 32.1. The molecule has 2 aliphatic rings. The number of aromatic nitrogens is 2. The molecule has 1 amide bonds. The van der Waals surface area contributed by atoms with E-state index in [1.807, 2.05) is 0 Å². The molecule has 0 radical (unpaired) electrons. The van der Waals surface area contributed by atoms with Gasteiger partial charge in [0.2, 0.25) is 11.0 Å². The number of likely N-dealkylation sites (tertiary alicyclic amines) is 1. The number of nitrogens with zero attached hydrogens (tertiary/aromatic N) is 3. The van der Waals surface area contributed by atoms with Gasteiger partial charge in [-0.2, -0.15) is 0 Å². The molecule has 0 spiro atoms. The lowest BCUT2D eigenvalue weighted by atomic mass is 9.89. The van der Waals surface area contributed by atoms with Gasteiger partial charge in [0.1, 0.15) is 5.01 Å². The van der Waals surface area contributed by atoms with Crippen LogP contribution in [0, 0.1) is 5.92 Å². The highest BCUT2D eigenvalue weighted by molar-refractivity contribution is 7.15. The van der Waals surface area contributed by atoms with Crippen molar-refractivity contribution in [2.45, 2.75) is 57.4 Å². The maximum atomic E-state index is 12.5. The fourth-order valence-corrected chi connectivity index (χ4v) is 4.35. The summed E-state index contributed by atoms with van der Waals surface area (Å²) in [6.45, 7) is 2.71. The van der Waals surface area contributed by atoms with E-state index < -0.39 is 0 Å². The Kier molecular flexibility index (Phi) is 5.83. The molecule has 2 fully saturated rings. The van der Waals surface area contributed by atoms with Crippen LogP contribution in [0.1, 0.15) is 50.0 Å². The van der Waals surface area contributed by atoms with E-state index in [-0.39, 0.29) is 11.9 Å². The normalized spacial score (nSPS) is 23.2. The summed E-state index contributed by atoms with van der Waals surface area (Å²) in [5.41, 5.74) is 5.62. The summed E-state index contributed by atoms with van der Waals surface area (Å²) in [6, 6.07) is 0.0314. The standard InChI is InChI=1S/C16H27N5OS/c17-16-20-19-14(23-16)8-10-21-9-4-7-13(21)15(22)18-11-12-5-2-1-3-6-12/h12-13H,1-11H2,(H2,17,20)(H,18,22)/t13-/m0/s1. The first-order valence-electron chi connectivity index (χ1n) is 8.82. The van der Waals surface area contributed by atoms with Gasteiger partial charge in [0.15, 0.2) is 0 Å². The Morgan fingerprint density at radius 1 is 1.22 bits per heavy atom. The average Bonchev–Trinajstić information content (AvgIpc) is 3.20. The Hall–Kier alpha value is -1.21. The number of carbonyl (C=O) groups is 1. The molecule has 128 valence electrons. The molecule has 7 heteroatoms. The summed E-state index contributed by atoms with van der Waals surface area (Å²) in [7, 11) is 0. The predicted molar refractivity (Wildman–Crippen MR) is 92.2 cm³/mol. The van der Waals surface area contributed by atoms with Crippen LogP contribution in [0.4, 0.5) is 5.13 Å². The SMILES string of the molecule is Nc1nnc(CCN2CCC[C@H]2C(=O)NCC2CCCCC2)s1. The lowest BCUT2D eigenvalue weighted by molar-refractivity contribution is -0.125. The van der Waals surface area contributed by atoms with E-state index in [9.17, 15) is 4.79 Å². The van der Waals surface area contributed by atoms with Gasteiger partial charge in [-0.25, -0.2) is 0 Å². The minimum absolute atomic E-state index is 0.0314. The molecule has 1 aromatic heterocycles. The van der Waals surface area contributed by atoms with E-state index in [2.05, 4.69) is 20.4 Å².